The molecule has 16 heavy (non-hydrogen) atoms. The molecule has 0 saturated carbocycles. The minimum atomic E-state index is 0.169. The Balaban J connectivity index is 2.48. The summed E-state index contributed by atoms with van der Waals surface area (Å²) in [7, 11) is 0. The van der Waals surface area contributed by atoms with Crippen LogP contribution in [-0.2, 0) is 12.1 Å². The Morgan fingerprint density at radius 1 is 1.12 bits per heavy atom. The van der Waals surface area contributed by atoms with Crippen LogP contribution in [-0.4, -0.2) is 16.7 Å². The first-order valence-electron chi connectivity index (χ1n) is 6.01. The van der Waals surface area contributed by atoms with Gasteiger partial charge in [0.05, 0.1) is 0 Å². The van der Waals surface area contributed by atoms with E-state index in [4.69, 9.17) is 0 Å². The molecule has 0 saturated heterocycles. The largest absolute Gasteiger partial charge is 0.308 e. The van der Waals surface area contributed by atoms with Crippen molar-refractivity contribution in [1.29, 1.82) is 0 Å². The van der Waals surface area contributed by atoms with E-state index in [-0.39, 0.29) is 11.1 Å². The lowest BCUT2D eigenvalue weighted by Gasteiger charge is -2.19. The monoisotopic (exact) mass is 224 g/mol. The van der Waals surface area contributed by atoms with E-state index in [2.05, 4.69) is 74.7 Å². The van der Waals surface area contributed by atoms with Crippen molar-refractivity contribution in [3.05, 3.63) is 18.7 Å². The fourth-order valence-corrected chi connectivity index (χ4v) is 1.48. The minimum absolute atomic E-state index is 0.169. The summed E-state index contributed by atoms with van der Waals surface area (Å²) in [6.07, 6.45) is 6.44. The zero-order chi connectivity index (χ0) is 12.4. The van der Waals surface area contributed by atoms with E-state index in [0.29, 0.717) is 0 Å². The Labute approximate surface area is 99.5 Å². The van der Waals surface area contributed by atoms with Crippen LogP contribution in [0.4, 0.5) is 0 Å². The Morgan fingerprint density at radius 2 is 1.75 bits per heavy atom. The zero-order valence-corrected chi connectivity index (χ0v) is 11.5. The summed E-state index contributed by atoms with van der Waals surface area (Å²) >= 11 is 0. The molecule has 0 amide bonds. The van der Waals surface area contributed by atoms with Gasteiger partial charge >= 0.3 is 0 Å². The molecule has 0 bridgehead atoms. The number of nitrogens with one attached hydrogen (secondary N) is 1. The second kappa shape index (κ2) is 4.58. The molecule has 92 valence electrons. The first-order valence-corrected chi connectivity index (χ1v) is 6.01. The summed E-state index contributed by atoms with van der Waals surface area (Å²) in [6.45, 7) is 15.2. The van der Waals surface area contributed by atoms with Gasteiger partial charge < -0.3 is 5.32 Å². The topological polar surface area (TPSA) is 20.8 Å². The highest BCUT2D eigenvalue weighted by molar-refractivity contribution is 4.78. The van der Waals surface area contributed by atoms with Gasteiger partial charge in [-0.15, -0.1) is 0 Å². The highest BCUT2D eigenvalue weighted by Gasteiger charge is 2.19. The molecule has 1 N–H and O–H groups in total. The standard InChI is InChI=1S/C13H26N3/c1-12(2,3)14-7-8-15-9-10-16(11-15)13(4,5)6/h9-11,14H,7-8H2,1-6H3/q+1. The Kier molecular flexibility index (Phi) is 3.79. The molecule has 0 atom stereocenters. The van der Waals surface area contributed by atoms with Gasteiger partial charge in [0.25, 0.3) is 0 Å². The van der Waals surface area contributed by atoms with Crippen molar-refractivity contribution in [3.8, 4) is 0 Å². The third-order valence-corrected chi connectivity index (χ3v) is 2.49. The van der Waals surface area contributed by atoms with Gasteiger partial charge in [-0.05, 0) is 41.5 Å². The lowest BCUT2D eigenvalue weighted by atomic mass is 10.1. The van der Waals surface area contributed by atoms with Crippen LogP contribution in [0.5, 0.6) is 0 Å². The van der Waals surface area contributed by atoms with Crippen molar-refractivity contribution in [1.82, 2.24) is 9.88 Å². The van der Waals surface area contributed by atoms with Gasteiger partial charge in [0, 0.05) is 12.1 Å². The Bertz CT molecular complexity index is 326. The van der Waals surface area contributed by atoms with Crippen LogP contribution in [0.2, 0.25) is 0 Å². The average molecular weight is 224 g/mol. The highest BCUT2D eigenvalue weighted by atomic mass is 15.2. The van der Waals surface area contributed by atoms with E-state index < -0.39 is 0 Å². The molecular weight excluding hydrogens is 198 g/mol. The summed E-state index contributed by atoms with van der Waals surface area (Å²) in [4.78, 5) is 0. The second-order valence-corrected chi connectivity index (χ2v) is 6.41. The van der Waals surface area contributed by atoms with E-state index in [1.807, 2.05) is 0 Å². The minimum Gasteiger partial charge on any atom is -0.308 e. The molecular formula is C13H26N3+. The van der Waals surface area contributed by atoms with E-state index in [9.17, 15) is 0 Å². The van der Waals surface area contributed by atoms with Gasteiger partial charge in [0.2, 0.25) is 6.33 Å². The Hall–Kier alpha value is -0.830. The first kappa shape index (κ1) is 13.2. The normalized spacial score (nSPS) is 13.1. The fraction of sp³-hybridized carbons (Fsp3) is 0.769. The quantitative estimate of drug-likeness (QED) is 0.778. The van der Waals surface area contributed by atoms with E-state index >= 15 is 0 Å². The lowest BCUT2D eigenvalue weighted by molar-refractivity contribution is -0.694. The van der Waals surface area contributed by atoms with Crippen molar-refractivity contribution in [3.63, 3.8) is 0 Å². The van der Waals surface area contributed by atoms with Crippen LogP contribution >= 0.6 is 0 Å². The molecule has 3 nitrogen and oxygen atoms in total. The number of aromatic nitrogens is 2. The fourth-order valence-electron chi connectivity index (χ4n) is 1.48. The maximum Gasteiger partial charge on any atom is 0.244 e. The predicted octanol–water partition coefficient (Wildman–Crippen LogP) is 1.92. The molecule has 1 heterocycles. The van der Waals surface area contributed by atoms with Crippen molar-refractivity contribution >= 4 is 0 Å². The SMILES string of the molecule is CC(C)(C)NCC[n+]1ccn(C(C)(C)C)c1. The van der Waals surface area contributed by atoms with Crippen LogP contribution in [0.1, 0.15) is 41.5 Å². The number of rotatable bonds is 3. The molecule has 0 aromatic carbocycles. The Morgan fingerprint density at radius 3 is 2.19 bits per heavy atom. The number of hydrogen-bond donors (Lipinski definition) is 1. The van der Waals surface area contributed by atoms with E-state index in [1.54, 1.807) is 0 Å². The van der Waals surface area contributed by atoms with Crippen LogP contribution in [0, 0.1) is 0 Å². The molecule has 1 aromatic heterocycles. The van der Waals surface area contributed by atoms with Gasteiger partial charge in [0.1, 0.15) is 24.5 Å². The summed E-state index contributed by atoms with van der Waals surface area (Å²) < 4.78 is 4.47. The smallest absolute Gasteiger partial charge is 0.244 e. The van der Waals surface area contributed by atoms with Crippen molar-refractivity contribution in [2.24, 2.45) is 0 Å². The average Bonchev–Trinajstić information content (AvgIpc) is 2.49. The maximum atomic E-state index is 3.49. The van der Waals surface area contributed by atoms with Crippen LogP contribution in [0.3, 0.4) is 0 Å². The molecule has 0 fully saturated rings. The number of hydrogen-bond acceptors (Lipinski definition) is 1. The highest BCUT2D eigenvalue weighted by Crippen LogP contribution is 2.10. The van der Waals surface area contributed by atoms with Crippen LogP contribution in [0.25, 0.3) is 0 Å². The second-order valence-electron chi connectivity index (χ2n) is 6.41. The van der Waals surface area contributed by atoms with Gasteiger partial charge in [0.15, 0.2) is 0 Å². The summed E-state index contributed by atoms with van der Waals surface area (Å²) in [5, 5.41) is 3.49. The summed E-state index contributed by atoms with van der Waals surface area (Å²) in [6, 6.07) is 0. The molecule has 0 aliphatic rings. The van der Waals surface area contributed by atoms with Crippen molar-refractivity contribution in [2.45, 2.75) is 59.2 Å². The first-order chi connectivity index (χ1) is 7.18. The third kappa shape index (κ3) is 4.35. The van der Waals surface area contributed by atoms with Crippen LogP contribution < -0.4 is 9.88 Å². The number of imidazole rings is 1. The van der Waals surface area contributed by atoms with Crippen molar-refractivity contribution in [2.75, 3.05) is 6.54 Å². The molecule has 3 heteroatoms. The predicted molar refractivity (Wildman–Crippen MR) is 67.4 cm³/mol. The van der Waals surface area contributed by atoms with Gasteiger partial charge in [-0.2, -0.15) is 0 Å². The molecule has 0 unspecified atom stereocenters. The third-order valence-electron chi connectivity index (χ3n) is 2.49. The molecule has 0 aliphatic carbocycles. The lowest BCUT2D eigenvalue weighted by Crippen LogP contribution is -2.44. The summed E-state index contributed by atoms with van der Waals surface area (Å²) in [5.41, 5.74) is 0.371. The van der Waals surface area contributed by atoms with E-state index in [0.717, 1.165) is 13.1 Å². The summed E-state index contributed by atoms with van der Waals surface area (Å²) in [5.74, 6) is 0. The molecule has 0 aliphatic heterocycles. The van der Waals surface area contributed by atoms with Gasteiger partial charge in [-0.1, -0.05) is 0 Å². The molecule has 0 radical (unpaired) electrons. The van der Waals surface area contributed by atoms with Crippen molar-refractivity contribution < 1.29 is 4.57 Å². The van der Waals surface area contributed by atoms with Crippen LogP contribution in [0.15, 0.2) is 18.7 Å². The zero-order valence-electron chi connectivity index (χ0n) is 11.5. The van der Waals surface area contributed by atoms with Gasteiger partial charge in [-0.25, -0.2) is 9.13 Å². The number of nitrogens with zero attached hydrogens (tertiary/aromatic N) is 2. The molecule has 1 rings (SSSR count). The maximum absolute atomic E-state index is 3.49. The van der Waals surface area contributed by atoms with Gasteiger partial charge in [-0.3, -0.25) is 0 Å². The molecule has 1 aromatic rings. The van der Waals surface area contributed by atoms with E-state index in [1.165, 1.54) is 0 Å². The molecule has 0 spiro atoms.